The van der Waals surface area contributed by atoms with Gasteiger partial charge in [0.25, 0.3) is 0 Å². The smallest absolute Gasteiger partial charge is 0.410 e. The summed E-state index contributed by atoms with van der Waals surface area (Å²) in [6.45, 7) is 12.7. The first-order valence-corrected chi connectivity index (χ1v) is 15.8. The molecule has 0 radical (unpaired) electrons. The Bertz CT molecular complexity index is 1310. The second-order valence-electron chi connectivity index (χ2n) is 12.6. The Morgan fingerprint density at radius 1 is 0.778 bits per heavy atom. The van der Waals surface area contributed by atoms with Gasteiger partial charge < -0.3 is 44.6 Å². The van der Waals surface area contributed by atoms with Gasteiger partial charge in [0.15, 0.2) is 12.2 Å². The molecule has 6 rings (SSSR count). The van der Waals surface area contributed by atoms with E-state index in [4.69, 9.17) is 24.6 Å². The van der Waals surface area contributed by atoms with Crippen LogP contribution < -0.4 is 15.1 Å². The van der Waals surface area contributed by atoms with Crippen LogP contribution in [0.2, 0.25) is 0 Å². The SMILES string of the molecule is CC(C)(C)OC(=O)N1CCN(c2ccc(C3=NOC(CO)C3)cc2)CC1.OCC1CC(c2ccc(N3CCNCC3)cc2)=NO1. The number of nitrogens with one attached hydrogen (secondary N) is 1. The van der Waals surface area contributed by atoms with Crippen LogP contribution in [0.25, 0.3) is 0 Å². The Hall–Kier alpha value is -3.87. The third kappa shape index (κ3) is 8.86. The van der Waals surface area contributed by atoms with E-state index < -0.39 is 5.60 Å². The average Bonchev–Trinajstić information content (AvgIpc) is 3.76. The summed E-state index contributed by atoms with van der Waals surface area (Å²) < 4.78 is 5.43. The van der Waals surface area contributed by atoms with E-state index in [9.17, 15) is 4.79 Å². The minimum Gasteiger partial charge on any atom is -0.444 e. The number of hydrogen-bond acceptors (Lipinski definition) is 11. The highest BCUT2D eigenvalue weighted by Crippen LogP contribution is 2.23. The van der Waals surface area contributed by atoms with Gasteiger partial charge in [-0.3, -0.25) is 0 Å². The molecule has 0 aromatic heterocycles. The molecule has 4 aliphatic heterocycles. The molecule has 2 saturated heterocycles. The van der Waals surface area contributed by atoms with Gasteiger partial charge in [-0.25, -0.2) is 4.79 Å². The van der Waals surface area contributed by atoms with E-state index in [1.807, 2.05) is 32.9 Å². The van der Waals surface area contributed by atoms with Crippen molar-refractivity contribution in [1.82, 2.24) is 10.2 Å². The molecule has 244 valence electrons. The quantitative estimate of drug-likeness (QED) is 0.445. The molecule has 0 saturated carbocycles. The number of aliphatic hydroxyl groups is 2. The third-order valence-corrected chi connectivity index (χ3v) is 8.05. The van der Waals surface area contributed by atoms with E-state index in [1.54, 1.807) is 4.90 Å². The molecule has 2 fully saturated rings. The topological polar surface area (TPSA) is 132 Å². The highest BCUT2D eigenvalue weighted by molar-refractivity contribution is 6.02. The molecule has 0 aliphatic carbocycles. The van der Waals surface area contributed by atoms with Gasteiger partial charge in [-0.1, -0.05) is 34.6 Å². The van der Waals surface area contributed by atoms with Crippen LogP contribution in [0.3, 0.4) is 0 Å². The normalized spacial score (nSPS) is 21.7. The van der Waals surface area contributed by atoms with Crippen LogP contribution >= 0.6 is 0 Å². The van der Waals surface area contributed by atoms with Crippen molar-refractivity contribution in [3.05, 3.63) is 59.7 Å². The summed E-state index contributed by atoms with van der Waals surface area (Å²) in [4.78, 5) is 28.8. The van der Waals surface area contributed by atoms with E-state index in [1.165, 1.54) is 5.69 Å². The fraction of sp³-hybridized carbons (Fsp3) is 0.545. The first-order chi connectivity index (χ1) is 21.7. The average molecular weight is 623 g/mol. The van der Waals surface area contributed by atoms with Crippen molar-refractivity contribution in [3.63, 3.8) is 0 Å². The fourth-order valence-electron chi connectivity index (χ4n) is 5.52. The highest BCUT2D eigenvalue weighted by Gasteiger charge is 2.27. The number of benzene rings is 2. The van der Waals surface area contributed by atoms with E-state index in [2.05, 4.69) is 61.8 Å². The molecule has 1 amide bonds. The van der Waals surface area contributed by atoms with Gasteiger partial charge in [0.2, 0.25) is 0 Å². The first-order valence-electron chi connectivity index (χ1n) is 15.8. The highest BCUT2D eigenvalue weighted by atomic mass is 16.7. The predicted octanol–water partition coefficient (Wildman–Crippen LogP) is 2.81. The Morgan fingerprint density at radius 2 is 1.22 bits per heavy atom. The van der Waals surface area contributed by atoms with Crippen molar-refractivity contribution < 1.29 is 29.4 Å². The largest absolute Gasteiger partial charge is 0.444 e. The Labute approximate surface area is 265 Å². The molecular formula is C33H46N6O6. The number of aliphatic hydroxyl groups excluding tert-OH is 2. The number of piperazine rings is 2. The van der Waals surface area contributed by atoms with E-state index in [0.717, 1.165) is 67.5 Å². The number of ether oxygens (including phenoxy) is 1. The number of nitrogens with zero attached hydrogens (tertiary/aromatic N) is 5. The lowest BCUT2D eigenvalue weighted by atomic mass is 10.0. The van der Waals surface area contributed by atoms with E-state index >= 15 is 0 Å². The summed E-state index contributed by atoms with van der Waals surface area (Å²) in [5, 5.41) is 29.6. The molecule has 0 bridgehead atoms. The van der Waals surface area contributed by atoms with Crippen LogP contribution in [0.15, 0.2) is 58.8 Å². The second-order valence-corrected chi connectivity index (χ2v) is 12.6. The summed E-state index contributed by atoms with van der Waals surface area (Å²) >= 11 is 0. The van der Waals surface area contributed by atoms with Crippen molar-refractivity contribution >= 4 is 28.9 Å². The van der Waals surface area contributed by atoms with Gasteiger partial charge >= 0.3 is 6.09 Å². The Balaban J connectivity index is 0.000000186. The Kier molecular flexibility index (Phi) is 10.8. The lowest BCUT2D eigenvalue weighted by Gasteiger charge is -2.36. The molecule has 45 heavy (non-hydrogen) atoms. The third-order valence-electron chi connectivity index (χ3n) is 8.05. The lowest BCUT2D eigenvalue weighted by Crippen LogP contribution is -2.50. The van der Waals surface area contributed by atoms with E-state index in [-0.39, 0.29) is 31.5 Å². The molecule has 0 spiro atoms. The molecule has 2 unspecified atom stereocenters. The molecule has 2 atom stereocenters. The van der Waals surface area contributed by atoms with Crippen LogP contribution in [-0.4, -0.2) is 116 Å². The first kappa shape index (κ1) is 32.5. The second kappa shape index (κ2) is 14.9. The van der Waals surface area contributed by atoms with Crippen LogP contribution in [0.4, 0.5) is 16.2 Å². The molecular weight excluding hydrogens is 576 g/mol. The van der Waals surface area contributed by atoms with Gasteiger partial charge in [-0.05, 0) is 56.2 Å². The van der Waals surface area contributed by atoms with Gasteiger partial charge in [0.05, 0.1) is 24.6 Å². The summed E-state index contributed by atoms with van der Waals surface area (Å²) in [6, 6.07) is 16.6. The van der Waals surface area contributed by atoms with Crippen LogP contribution in [0, 0.1) is 0 Å². The predicted molar refractivity (Wildman–Crippen MR) is 174 cm³/mol. The lowest BCUT2D eigenvalue weighted by molar-refractivity contribution is 0.0240. The number of rotatable bonds is 6. The number of oxime groups is 2. The summed E-state index contributed by atoms with van der Waals surface area (Å²) in [7, 11) is 0. The molecule has 4 aliphatic rings. The van der Waals surface area contributed by atoms with Gasteiger partial charge in [-0.2, -0.15) is 0 Å². The summed E-state index contributed by atoms with van der Waals surface area (Å²) in [5.74, 6) is 0. The zero-order valence-corrected chi connectivity index (χ0v) is 26.5. The molecule has 4 heterocycles. The van der Waals surface area contributed by atoms with Crippen molar-refractivity contribution in [2.45, 2.75) is 51.4 Å². The fourth-order valence-corrected chi connectivity index (χ4v) is 5.52. The van der Waals surface area contributed by atoms with E-state index in [0.29, 0.717) is 25.9 Å². The summed E-state index contributed by atoms with van der Waals surface area (Å²) in [5.41, 5.74) is 5.79. The minimum absolute atomic E-state index is 0.0197. The van der Waals surface area contributed by atoms with Crippen molar-refractivity contribution in [2.75, 3.05) is 75.4 Å². The van der Waals surface area contributed by atoms with Crippen molar-refractivity contribution in [3.8, 4) is 0 Å². The van der Waals surface area contributed by atoms with Crippen LogP contribution in [0.5, 0.6) is 0 Å². The molecule has 3 N–H and O–H groups in total. The summed E-state index contributed by atoms with van der Waals surface area (Å²) in [6.07, 6.45) is 0.659. The van der Waals surface area contributed by atoms with Gasteiger partial charge in [0.1, 0.15) is 5.60 Å². The van der Waals surface area contributed by atoms with Gasteiger partial charge in [0, 0.05) is 76.6 Å². The number of hydrogen-bond donors (Lipinski definition) is 3. The molecule has 12 heteroatoms. The minimum atomic E-state index is -0.467. The maximum atomic E-state index is 12.1. The standard InChI is InChI=1S/C19H27N3O4.C14H19N3O2/c1-19(2,3)25-18(24)22-10-8-21(9-11-22)15-6-4-14(5-7-15)17-12-16(13-23)26-20-17;18-10-13-9-14(16-19-13)11-1-3-12(4-2-11)17-7-5-15-6-8-17/h4-7,16,23H,8-13H2,1-3H3;1-4,13,15,18H,5-10H2. The van der Waals surface area contributed by atoms with Crippen LogP contribution in [0.1, 0.15) is 44.7 Å². The number of carbonyl (C=O) groups is 1. The molecule has 12 nitrogen and oxygen atoms in total. The van der Waals surface area contributed by atoms with Crippen LogP contribution in [-0.2, 0) is 14.4 Å². The molecule has 2 aromatic carbocycles. The van der Waals surface area contributed by atoms with Crippen molar-refractivity contribution in [2.24, 2.45) is 10.3 Å². The zero-order chi connectivity index (χ0) is 31.8. The number of anilines is 2. The van der Waals surface area contributed by atoms with Gasteiger partial charge in [-0.15, -0.1) is 0 Å². The zero-order valence-electron chi connectivity index (χ0n) is 26.5. The molecule has 2 aromatic rings. The monoisotopic (exact) mass is 622 g/mol. The number of carbonyl (C=O) groups excluding carboxylic acids is 1. The Morgan fingerprint density at radius 3 is 1.62 bits per heavy atom. The van der Waals surface area contributed by atoms with Crippen molar-refractivity contribution in [1.29, 1.82) is 0 Å². The maximum Gasteiger partial charge on any atom is 0.410 e. The number of amides is 1. The maximum absolute atomic E-state index is 12.1.